The van der Waals surface area contributed by atoms with E-state index in [4.69, 9.17) is 16.3 Å². The molecule has 0 heterocycles. The molecular weight excluding hydrogens is 308 g/mol. The highest BCUT2D eigenvalue weighted by Crippen LogP contribution is 2.24. The van der Waals surface area contributed by atoms with Crippen LogP contribution in [0.3, 0.4) is 0 Å². The molecule has 6 nitrogen and oxygen atoms in total. The molecule has 0 amide bonds. The van der Waals surface area contributed by atoms with Gasteiger partial charge >= 0.3 is 0 Å². The van der Waals surface area contributed by atoms with Gasteiger partial charge in [-0.15, -0.1) is 11.6 Å². The Hall–Kier alpha value is -2.31. The van der Waals surface area contributed by atoms with Crippen molar-refractivity contribution in [2.24, 2.45) is 0 Å². The van der Waals surface area contributed by atoms with Crippen molar-refractivity contribution in [1.82, 2.24) is 0 Å². The Morgan fingerprint density at radius 3 is 2.18 bits per heavy atom. The number of rotatable bonds is 7. The van der Waals surface area contributed by atoms with Crippen molar-refractivity contribution in [2.45, 2.75) is 6.10 Å². The van der Waals surface area contributed by atoms with Crippen LogP contribution in [0.5, 0.6) is 11.5 Å². The molecule has 0 aliphatic rings. The molecule has 0 radical (unpaired) electrons. The van der Waals surface area contributed by atoms with Crippen LogP contribution in [0.25, 0.3) is 0 Å². The summed E-state index contributed by atoms with van der Waals surface area (Å²) < 4.78 is 5.59. The third-order valence-corrected chi connectivity index (χ3v) is 3.21. The van der Waals surface area contributed by atoms with Crippen LogP contribution in [-0.4, -0.2) is 28.6 Å². The van der Waals surface area contributed by atoms with Crippen LogP contribution in [0, 0.1) is 10.1 Å². The summed E-state index contributed by atoms with van der Waals surface area (Å²) >= 11 is 5.51. The van der Waals surface area contributed by atoms with E-state index in [-0.39, 0.29) is 11.6 Å². The van der Waals surface area contributed by atoms with Crippen molar-refractivity contribution in [3.63, 3.8) is 0 Å². The Morgan fingerprint density at radius 1 is 1.14 bits per heavy atom. The van der Waals surface area contributed by atoms with Gasteiger partial charge in [0.25, 0.3) is 5.69 Å². The van der Waals surface area contributed by atoms with Gasteiger partial charge in [0, 0.05) is 24.4 Å². The van der Waals surface area contributed by atoms with Crippen LogP contribution in [0.4, 0.5) is 11.4 Å². The third kappa shape index (κ3) is 4.61. The number of nitrogens with zero attached hydrogens (tertiary/aromatic N) is 1. The summed E-state index contributed by atoms with van der Waals surface area (Å²) in [5, 5.41) is 23.0. The van der Waals surface area contributed by atoms with Crippen molar-refractivity contribution in [1.29, 1.82) is 0 Å². The molecule has 1 unspecified atom stereocenters. The summed E-state index contributed by atoms with van der Waals surface area (Å²) in [6.07, 6.45) is -0.599. The topological polar surface area (TPSA) is 84.6 Å². The lowest BCUT2D eigenvalue weighted by atomic mass is 10.2. The van der Waals surface area contributed by atoms with Crippen LogP contribution >= 0.6 is 11.6 Å². The fraction of sp³-hybridized carbons (Fsp3) is 0.200. The standard InChI is InChI=1S/C15H15ClN2O4/c16-9-13(19)10-17-11-1-5-14(6-2-11)22-15-7-3-12(4-8-15)18(20)21/h1-8,13,17,19H,9-10H2. The van der Waals surface area contributed by atoms with Gasteiger partial charge < -0.3 is 15.2 Å². The van der Waals surface area contributed by atoms with E-state index < -0.39 is 11.0 Å². The Balaban J connectivity index is 1.94. The lowest BCUT2D eigenvalue weighted by molar-refractivity contribution is -0.384. The molecule has 7 heteroatoms. The van der Waals surface area contributed by atoms with E-state index in [0.717, 1.165) is 5.69 Å². The smallest absolute Gasteiger partial charge is 0.269 e. The van der Waals surface area contributed by atoms with Crippen molar-refractivity contribution in [2.75, 3.05) is 17.7 Å². The second-order valence-electron chi connectivity index (χ2n) is 4.57. The molecule has 0 bridgehead atoms. The summed E-state index contributed by atoms with van der Waals surface area (Å²) in [6.45, 7) is 0.367. The Kier molecular flexibility index (Phi) is 5.57. The molecule has 22 heavy (non-hydrogen) atoms. The molecule has 2 rings (SSSR count). The van der Waals surface area contributed by atoms with Crippen LogP contribution in [0.2, 0.25) is 0 Å². The van der Waals surface area contributed by atoms with Gasteiger partial charge in [-0.25, -0.2) is 0 Å². The first-order valence-electron chi connectivity index (χ1n) is 6.59. The predicted molar refractivity (Wildman–Crippen MR) is 84.8 cm³/mol. The number of aliphatic hydroxyl groups is 1. The van der Waals surface area contributed by atoms with Crippen molar-refractivity contribution in [3.05, 3.63) is 58.6 Å². The molecular formula is C15H15ClN2O4. The molecule has 0 aliphatic heterocycles. The van der Waals surface area contributed by atoms with E-state index in [1.807, 2.05) is 12.1 Å². The van der Waals surface area contributed by atoms with Crippen LogP contribution in [-0.2, 0) is 0 Å². The first kappa shape index (κ1) is 16.1. The van der Waals surface area contributed by atoms with Crippen molar-refractivity contribution >= 4 is 23.0 Å². The number of hydrogen-bond acceptors (Lipinski definition) is 5. The number of nitro benzene ring substituents is 1. The maximum Gasteiger partial charge on any atom is 0.269 e. The number of non-ortho nitro benzene ring substituents is 1. The fourth-order valence-corrected chi connectivity index (χ4v) is 1.81. The minimum atomic E-state index is -0.599. The molecule has 0 spiro atoms. The Labute approximate surface area is 132 Å². The molecule has 116 valence electrons. The number of nitrogens with one attached hydrogen (secondary N) is 1. The zero-order valence-corrected chi connectivity index (χ0v) is 12.4. The predicted octanol–water partition coefficient (Wildman–Crippen LogP) is 3.40. The van der Waals surface area contributed by atoms with Gasteiger partial charge in [0.2, 0.25) is 0 Å². The molecule has 0 saturated carbocycles. The first-order chi connectivity index (χ1) is 10.6. The van der Waals surface area contributed by atoms with Crippen molar-refractivity contribution < 1.29 is 14.8 Å². The van der Waals surface area contributed by atoms with Crippen LogP contribution in [0.15, 0.2) is 48.5 Å². The van der Waals surface area contributed by atoms with E-state index in [9.17, 15) is 15.2 Å². The molecule has 0 saturated heterocycles. The number of aliphatic hydroxyl groups excluding tert-OH is 1. The summed E-state index contributed by atoms with van der Waals surface area (Å²) in [5.41, 5.74) is 0.852. The highest BCUT2D eigenvalue weighted by atomic mass is 35.5. The summed E-state index contributed by atoms with van der Waals surface area (Å²) in [7, 11) is 0. The molecule has 1 atom stereocenters. The van der Waals surface area contributed by atoms with Gasteiger partial charge in [0.05, 0.1) is 16.9 Å². The highest BCUT2D eigenvalue weighted by molar-refractivity contribution is 6.18. The lowest BCUT2D eigenvalue weighted by Gasteiger charge is -2.11. The van der Waals surface area contributed by atoms with Gasteiger partial charge in [-0.3, -0.25) is 10.1 Å². The Bertz CT molecular complexity index is 616. The molecule has 0 aliphatic carbocycles. The fourth-order valence-electron chi connectivity index (χ4n) is 1.70. The number of halogens is 1. The van der Waals surface area contributed by atoms with E-state index in [2.05, 4.69) is 5.32 Å². The number of hydrogen-bond donors (Lipinski definition) is 2. The summed E-state index contributed by atoms with van der Waals surface area (Å²) in [5.74, 6) is 1.30. The van der Waals surface area contributed by atoms with E-state index in [1.165, 1.54) is 12.1 Å². The number of ether oxygens (including phenoxy) is 1. The van der Waals surface area contributed by atoms with Gasteiger partial charge in [-0.2, -0.15) is 0 Å². The summed E-state index contributed by atoms with van der Waals surface area (Å²) in [4.78, 5) is 10.1. The SMILES string of the molecule is O=[N+]([O-])c1ccc(Oc2ccc(NCC(O)CCl)cc2)cc1. The summed E-state index contributed by atoms with van der Waals surface area (Å²) in [6, 6.07) is 13.0. The van der Waals surface area contributed by atoms with Gasteiger partial charge in [-0.1, -0.05) is 0 Å². The zero-order chi connectivity index (χ0) is 15.9. The van der Waals surface area contributed by atoms with Crippen LogP contribution < -0.4 is 10.1 Å². The van der Waals surface area contributed by atoms with Gasteiger partial charge in [0.15, 0.2) is 0 Å². The molecule has 0 fully saturated rings. The quantitative estimate of drug-likeness (QED) is 0.463. The zero-order valence-electron chi connectivity index (χ0n) is 11.6. The largest absolute Gasteiger partial charge is 0.457 e. The molecule has 2 N–H and O–H groups in total. The number of alkyl halides is 1. The molecule has 0 aromatic heterocycles. The maximum absolute atomic E-state index is 10.6. The lowest BCUT2D eigenvalue weighted by Crippen LogP contribution is -2.20. The maximum atomic E-state index is 10.6. The number of anilines is 1. The monoisotopic (exact) mass is 322 g/mol. The third-order valence-electron chi connectivity index (χ3n) is 2.86. The van der Waals surface area contributed by atoms with Crippen LogP contribution in [0.1, 0.15) is 0 Å². The normalized spacial score (nSPS) is 11.7. The number of benzene rings is 2. The minimum Gasteiger partial charge on any atom is -0.457 e. The van der Waals surface area contributed by atoms with Gasteiger partial charge in [-0.05, 0) is 36.4 Å². The molecule has 2 aromatic carbocycles. The second kappa shape index (κ2) is 7.63. The number of nitro groups is 1. The Morgan fingerprint density at radius 2 is 1.68 bits per heavy atom. The minimum absolute atomic E-state index is 0.0183. The average molecular weight is 323 g/mol. The first-order valence-corrected chi connectivity index (χ1v) is 7.12. The van der Waals surface area contributed by atoms with E-state index in [1.54, 1.807) is 24.3 Å². The second-order valence-corrected chi connectivity index (χ2v) is 4.88. The highest BCUT2D eigenvalue weighted by Gasteiger charge is 2.05. The van der Waals surface area contributed by atoms with Gasteiger partial charge in [0.1, 0.15) is 11.5 Å². The van der Waals surface area contributed by atoms with E-state index >= 15 is 0 Å². The van der Waals surface area contributed by atoms with E-state index in [0.29, 0.717) is 18.0 Å². The average Bonchev–Trinajstić information content (AvgIpc) is 2.54. The molecule has 2 aromatic rings. The van der Waals surface area contributed by atoms with Crippen molar-refractivity contribution in [3.8, 4) is 11.5 Å².